The van der Waals surface area contributed by atoms with Gasteiger partial charge in [-0.2, -0.15) is 13.2 Å². The molecule has 140 valence electrons. The first-order chi connectivity index (χ1) is 11.5. The van der Waals surface area contributed by atoms with E-state index < -0.39 is 38.2 Å². The summed E-state index contributed by atoms with van der Waals surface area (Å²) in [6.45, 7) is 0.326. The molecule has 0 unspecified atom stereocenters. The van der Waals surface area contributed by atoms with Crippen molar-refractivity contribution in [3.05, 3.63) is 23.3 Å². The number of nitrogens with one attached hydrogen (secondary N) is 1. The van der Waals surface area contributed by atoms with E-state index in [-0.39, 0.29) is 11.6 Å². The van der Waals surface area contributed by atoms with E-state index in [2.05, 4.69) is 5.32 Å². The number of anilines is 1. The maximum absolute atomic E-state index is 13.2. The van der Waals surface area contributed by atoms with Crippen molar-refractivity contribution in [2.75, 3.05) is 11.9 Å². The fraction of sp³-hybridized carbons (Fsp3) is 0.533. The van der Waals surface area contributed by atoms with Crippen LogP contribution in [-0.2, 0) is 16.2 Å². The third kappa shape index (κ3) is 4.85. The summed E-state index contributed by atoms with van der Waals surface area (Å²) in [5.74, 6) is -1.30. The van der Waals surface area contributed by atoms with E-state index in [9.17, 15) is 31.5 Å². The molecule has 0 heterocycles. The van der Waals surface area contributed by atoms with E-state index in [1.54, 1.807) is 0 Å². The maximum Gasteiger partial charge on any atom is 0.417 e. The zero-order valence-electron chi connectivity index (χ0n) is 13.3. The molecule has 1 saturated carbocycles. The van der Waals surface area contributed by atoms with Crippen LogP contribution in [0.3, 0.4) is 0 Å². The van der Waals surface area contributed by atoms with Crippen LogP contribution in [-0.4, -0.2) is 26.0 Å². The van der Waals surface area contributed by atoms with Crippen LogP contribution in [0.25, 0.3) is 0 Å². The topological polar surface area (TPSA) is 109 Å². The van der Waals surface area contributed by atoms with E-state index in [0.717, 1.165) is 32.1 Å². The van der Waals surface area contributed by atoms with Crippen molar-refractivity contribution in [1.29, 1.82) is 0 Å². The molecule has 0 aromatic heterocycles. The SMILES string of the molecule is NS(=O)(=O)c1cc(C(=O)O)c(NCC2CCCCC2)cc1C(F)(F)F. The molecule has 0 spiro atoms. The van der Waals surface area contributed by atoms with Crippen LogP contribution in [0.4, 0.5) is 18.9 Å². The first-order valence-corrected chi connectivity index (χ1v) is 9.30. The van der Waals surface area contributed by atoms with E-state index in [1.165, 1.54) is 0 Å². The van der Waals surface area contributed by atoms with Gasteiger partial charge in [-0.05, 0) is 30.9 Å². The molecule has 0 radical (unpaired) electrons. The van der Waals surface area contributed by atoms with Crippen molar-refractivity contribution < 1.29 is 31.5 Å². The van der Waals surface area contributed by atoms with Gasteiger partial charge in [-0.25, -0.2) is 18.4 Å². The molecule has 1 aliphatic carbocycles. The minimum Gasteiger partial charge on any atom is -0.478 e. The van der Waals surface area contributed by atoms with Crippen molar-refractivity contribution in [3.63, 3.8) is 0 Å². The minimum atomic E-state index is -4.99. The highest BCUT2D eigenvalue weighted by Gasteiger charge is 2.38. The van der Waals surface area contributed by atoms with Crippen molar-refractivity contribution in [2.45, 2.75) is 43.2 Å². The molecule has 25 heavy (non-hydrogen) atoms. The number of hydrogen-bond acceptors (Lipinski definition) is 4. The minimum absolute atomic E-state index is 0.239. The maximum atomic E-state index is 13.2. The molecule has 2 rings (SSSR count). The lowest BCUT2D eigenvalue weighted by molar-refractivity contribution is -0.139. The number of aromatic carboxylic acids is 1. The summed E-state index contributed by atoms with van der Waals surface area (Å²) in [7, 11) is -4.74. The predicted molar refractivity (Wildman–Crippen MR) is 84.8 cm³/mol. The van der Waals surface area contributed by atoms with Crippen LogP contribution in [0.5, 0.6) is 0 Å². The summed E-state index contributed by atoms with van der Waals surface area (Å²) in [5, 5.41) is 16.8. The molecule has 0 saturated heterocycles. The first kappa shape index (κ1) is 19.5. The quantitative estimate of drug-likeness (QED) is 0.727. The number of carbonyl (C=O) groups is 1. The zero-order chi connectivity index (χ0) is 18.8. The number of sulfonamides is 1. The lowest BCUT2D eigenvalue weighted by Crippen LogP contribution is -2.22. The van der Waals surface area contributed by atoms with Crippen molar-refractivity contribution in [3.8, 4) is 0 Å². The van der Waals surface area contributed by atoms with Crippen LogP contribution in [0.2, 0.25) is 0 Å². The van der Waals surface area contributed by atoms with Crippen LogP contribution in [0.15, 0.2) is 17.0 Å². The number of primary sulfonamides is 1. The summed E-state index contributed by atoms with van der Waals surface area (Å²) >= 11 is 0. The van der Waals surface area contributed by atoms with Gasteiger partial charge in [0, 0.05) is 12.2 Å². The summed E-state index contributed by atoms with van der Waals surface area (Å²) < 4.78 is 62.5. The molecule has 4 N–H and O–H groups in total. The third-order valence-corrected chi connectivity index (χ3v) is 5.22. The zero-order valence-corrected chi connectivity index (χ0v) is 14.1. The molecule has 1 aromatic rings. The average molecular weight is 380 g/mol. The molecule has 0 aliphatic heterocycles. The Bertz CT molecular complexity index is 757. The van der Waals surface area contributed by atoms with E-state index >= 15 is 0 Å². The number of carboxylic acids is 1. The fourth-order valence-corrected chi connectivity index (χ4v) is 3.77. The van der Waals surface area contributed by atoms with Gasteiger partial charge in [0.05, 0.1) is 16.0 Å². The fourth-order valence-electron chi connectivity index (χ4n) is 3.01. The van der Waals surface area contributed by atoms with E-state index in [0.29, 0.717) is 18.7 Å². The lowest BCUT2D eigenvalue weighted by Gasteiger charge is -2.23. The number of carboxylic acid groups (broad SMARTS) is 1. The molecule has 10 heteroatoms. The molecule has 1 aliphatic rings. The summed E-state index contributed by atoms with van der Waals surface area (Å²) in [5.41, 5.74) is -2.31. The number of halogens is 3. The molecule has 0 amide bonds. The molecular weight excluding hydrogens is 361 g/mol. The van der Waals surface area contributed by atoms with Gasteiger partial charge in [-0.15, -0.1) is 0 Å². The highest BCUT2D eigenvalue weighted by atomic mass is 32.2. The standard InChI is InChI=1S/C15H19F3N2O4S/c16-15(17,18)11-7-12(20-8-9-4-2-1-3-5-9)10(14(21)22)6-13(11)25(19,23)24/h6-7,9,20H,1-5,8H2,(H,21,22)(H2,19,23,24). The Morgan fingerprint density at radius 1 is 1.24 bits per heavy atom. The predicted octanol–water partition coefficient (Wildman–Crippen LogP) is 3.04. The molecule has 0 atom stereocenters. The van der Waals surface area contributed by atoms with Crippen LogP contribution >= 0.6 is 0 Å². The molecule has 6 nitrogen and oxygen atoms in total. The Kier molecular flexibility index (Phi) is 5.62. The van der Waals surface area contributed by atoms with Gasteiger partial charge in [-0.3, -0.25) is 0 Å². The second-order valence-electron chi connectivity index (χ2n) is 6.13. The number of benzene rings is 1. The van der Waals surface area contributed by atoms with Crippen LogP contribution < -0.4 is 10.5 Å². The third-order valence-electron chi connectivity index (χ3n) is 4.27. The second-order valence-corrected chi connectivity index (χ2v) is 7.66. The summed E-state index contributed by atoms with van der Waals surface area (Å²) in [6.07, 6.45) is -0.00159. The number of rotatable bonds is 5. The first-order valence-electron chi connectivity index (χ1n) is 7.75. The largest absolute Gasteiger partial charge is 0.478 e. The Morgan fingerprint density at radius 2 is 1.84 bits per heavy atom. The van der Waals surface area contributed by atoms with Gasteiger partial charge in [-0.1, -0.05) is 19.3 Å². The number of nitrogens with two attached hydrogens (primary N) is 1. The Balaban J connectivity index is 2.45. The highest BCUT2D eigenvalue weighted by Crippen LogP contribution is 2.37. The van der Waals surface area contributed by atoms with E-state index in [4.69, 9.17) is 5.14 Å². The highest BCUT2D eigenvalue weighted by molar-refractivity contribution is 7.89. The molecule has 1 aromatic carbocycles. The Labute approximate surface area is 143 Å². The van der Waals surface area contributed by atoms with Crippen molar-refractivity contribution in [2.24, 2.45) is 11.1 Å². The summed E-state index contributed by atoms with van der Waals surface area (Å²) in [4.78, 5) is 10.1. The van der Waals surface area contributed by atoms with E-state index in [1.807, 2.05) is 0 Å². The number of alkyl halides is 3. The van der Waals surface area contributed by atoms with Crippen LogP contribution in [0.1, 0.15) is 48.0 Å². The monoisotopic (exact) mass is 380 g/mol. The van der Waals surface area contributed by atoms with Crippen molar-refractivity contribution in [1.82, 2.24) is 0 Å². The van der Waals surface area contributed by atoms with Crippen molar-refractivity contribution >= 4 is 21.7 Å². The lowest BCUT2D eigenvalue weighted by atomic mass is 9.89. The smallest absolute Gasteiger partial charge is 0.417 e. The van der Waals surface area contributed by atoms with Gasteiger partial charge in [0.1, 0.15) is 0 Å². The van der Waals surface area contributed by atoms with Crippen LogP contribution in [0, 0.1) is 5.92 Å². The van der Waals surface area contributed by atoms with Gasteiger partial charge in [0.25, 0.3) is 0 Å². The Hall–Kier alpha value is -1.81. The number of hydrogen-bond donors (Lipinski definition) is 3. The van der Waals surface area contributed by atoms with Gasteiger partial charge < -0.3 is 10.4 Å². The Morgan fingerprint density at radius 3 is 2.32 bits per heavy atom. The summed E-state index contributed by atoms with van der Waals surface area (Å²) in [6, 6.07) is 0.968. The van der Waals surface area contributed by atoms with Gasteiger partial charge >= 0.3 is 12.1 Å². The van der Waals surface area contributed by atoms with Gasteiger partial charge in [0.15, 0.2) is 0 Å². The molecule has 1 fully saturated rings. The van der Waals surface area contributed by atoms with Gasteiger partial charge in [0.2, 0.25) is 10.0 Å². The average Bonchev–Trinajstić information content (AvgIpc) is 2.51. The molecule has 0 bridgehead atoms. The molecular formula is C15H19F3N2O4S. The second kappa shape index (κ2) is 7.20. The normalized spacial score (nSPS) is 16.6.